The van der Waals surface area contributed by atoms with Crippen LogP contribution in [0, 0.1) is 6.92 Å². The summed E-state index contributed by atoms with van der Waals surface area (Å²) in [6.45, 7) is 4.75. The lowest BCUT2D eigenvalue weighted by Gasteiger charge is -2.16. The third kappa shape index (κ3) is 4.49. The van der Waals surface area contributed by atoms with Gasteiger partial charge in [-0.25, -0.2) is 0 Å². The predicted molar refractivity (Wildman–Crippen MR) is 71.4 cm³/mol. The molecule has 0 unspecified atom stereocenters. The number of rotatable bonds is 6. The summed E-state index contributed by atoms with van der Waals surface area (Å²) in [6, 6.07) is 2.04. The molecule has 1 aromatic heterocycles. The largest absolute Gasteiger partial charge is 0.466 e. The predicted octanol–water partition coefficient (Wildman–Crippen LogP) is 2.36. The van der Waals surface area contributed by atoms with E-state index in [2.05, 4.69) is 0 Å². The summed E-state index contributed by atoms with van der Waals surface area (Å²) in [5.41, 5.74) is 1.20. The van der Waals surface area contributed by atoms with Crippen LogP contribution < -0.4 is 0 Å². The maximum Gasteiger partial charge on any atom is 0.306 e. The molecule has 1 amide bonds. The van der Waals surface area contributed by atoms with Gasteiger partial charge in [-0.15, -0.1) is 11.3 Å². The molecule has 0 N–H and O–H groups in total. The van der Waals surface area contributed by atoms with E-state index in [0.29, 0.717) is 13.2 Å². The molecule has 18 heavy (non-hydrogen) atoms. The number of thiophene rings is 1. The Morgan fingerprint density at radius 2 is 2.11 bits per heavy atom. The maximum absolute atomic E-state index is 11.8. The Bertz CT molecular complexity index is 414. The minimum atomic E-state index is -0.313. The summed E-state index contributed by atoms with van der Waals surface area (Å²) in [4.78, 5) is 25.8. The molecule has 0 atom stereocenters. The molecule has 0 saturated heterocycles. The van der Waals surface area contributed by atoms with Gasteiger partial charge in [0.1, 0.15) is 0 Å². The van der Waals surface area contributed by atoms with Gasteiger partial charge in [0.15, 0.2) is 0 Å². The van der Waals surface area contributed by atoms with E-state index in [0.717, 1.165) is 0 Å². The van der Waals surface area contributed by atoms with Crippen LogP contribution in [-0.4, -0.2) is 30.4 Å². The number of aryl methyl sites for hydroxylation is 1. The molecule has 1 heterocycles. The lowest BCUT2D eigenvalue weighted by atomic mass is 10.2. The molecule has 0 bridgehead atoms. The molecule has 4 nitrogen and oxygen atoms in total. The standard InChI is InChI=1S/C13H19NO3S/c1-4-17-13(16)6-5-12(15)14(3)9-11-10(2)7-8-18-11/h7-8H,4-6,9H2,1-3H3. The first-order valence-corrected chi connectivity index (χ1v) is 6.85. The molecule has 1 rings (SSSR count). The number of amides is 1. The van der Waals surface area contributed by atoms with Crippen molar-refractivity contribution in [2.75, 3.05) is 13.7 Å². The maximum atomic E-state index is 11.8. The van der Waals surface area contributed by atoms with Gasteiger partial charge in [-0.2, -0.15) is 0 Å². The van der Waals surface area contributed by atoms with Crippen molar-refractivity contribution in [3.8, 4) is 0 Å². The fourth-order valence-electron chi connectivity index (χ4n) is 1.50. The Morgan fingerprint density at radius 1 is 1.39 bits per heavy atom. The summed E-state index contributed by atoms with van der Waals surface area (Å²) in [6.07, 6.45) is 0.361. The fourth-order valence-corrected chi connectivity index (χ4v) is 2.46. The van der Waals surface area contributed by atoms with Gasteiger partial charge in [0.2, 0.25) is 5.91 Å². The highest BCUT2D eigenvalue weighted by atomic mass is 32.1. The van der Waals surface area contributed by atoms with Gasteiger partial charge in [-0.3, -0.25) is 9.59 Å². The van der Waals surface area contributed by atoms with Crippen LogP contribution in [0.3, 0.4) is 0 Å². The summed E-state index contributed by atoms with van der Waals surface area (Å²) < 4.78 is 4.79. The molecule has 0 aliphatic heterocycles. The SMILES string of the molecule is CCOC(=O)CCC(=O)N(C)Cc1sccc1C. The molecule has 0 fully saturated rings. The smallest absolute Gasteiger partial charge is 0.306 e. The Morgan fingerprint density at radius 3 is 2.67 bits per heavy atom. The molecule has 0 radical (unpaired) electrons. The van der Waals surface area contributed by atoms with E-state index >= 15 is 0 Å². The monoisotopic (exact) mass is 269 g/mol. The average Bonchev–Trinajstić information content (AvgIpc) is 2.72. The zero-order valence-electron chi connectivity index (χ0n) is 11.1. The number of carbonyl (C=O) groups excluding carboxylic acids is 2. The molecular formula is C13H19NO3S. The zero-order valence-corrected chi connectivity index (χ0v) is 11.9. The molecule has 0 aliphatic rings. The Kier molecular flexibility index (Phi) is 5.85. The molecular weight excluding hydrogens is 250 g/mol. The van der Waals surface area contributed by atoms with E-state index in [9.17, 15) is 9.59 Å². The van der Waals surface area contributed by atoms with Crippen LogP contribution in [0.2, 0.25) is 0 Å². The van der Waals surface area contributed by atoms with Crippen LogP contribution >= 0.6 is 11.3 Å². The van der Waals surface area contributed by atoms with Crippen LogP contribution in [0.5, 0.6) is 0 Å². The lowest BCUT2D eigenvalue weighted by Crippen LogP contribution is -2.26. The minimum Gasteiger partial charge on any atom is -0.466 e. The van der Waals surface area contributed by atoms with Crippen molar-refractivity contribution < 1.29 is 14.3 Å². The second-order valence-electron chi connectivity index (χ2n) is 4.08. The highest BCUT2D eigenvalue weighted by Crippen LogP contribution is 2.17. The summed E-state index contributed by atoms with van der Waals surface area (Å²) in [5, 5.41) is 2.02. The van der Waals surface area contributed by atoms with Crippen LogP contribution in [-0.2, 0) is 20.9 Å². The van der Waals surface area contributed by atoms with Crippen molar-refractivity contribution >= 4 is 23.2 Å². The molecule has 0 saturated carbocycles. The van der Waals surface area contributed by atoms with Gasteiger partial charge in [0, 0.05) is 18.3 Å². The molecule has 5 heteroatoms. The first-order chi connectivity index (χ1) is 8.54. The van der Waals surface area contributed by atoms with Crippen molar-refractivity contribution in [1.29, 1.82) is 0 Å². The third-order valence-corrected chi connectivity index (χ3v) is 3.63. The normalized spacial score (nSPS) is 10.2. The number of carbonyl (C=O) groups is 2. The second kappa shape index (κ2) is 7.16. The van der Waals surface area contributed by atoms with E-state index < -0.39 is 0 Å². The molecule has 0 aliphatic carbocycles. The van der Waals surface area contributed by atoms with Crippen molar-refractivity contribution in [3.63, 3.8) is 0 Å². The van der Waals surface area contributed by atoms with Crippen LogP contribution in [0.4, 0.5) is 0 Å². The fraction of sp³-hybridized carbons (Fsp3) is 0.538. The minimum absolute atomic E-state index is 0.0316. The van der Waals surface area contributed by atoms with Gasteiger partial charge in [0.25, 0.3) is 0 Å². The van der Waals surface area contributed by atoms with Crippen molar-refractivity contribution in [2.45, 2.75) is 33.2 Å². The summed E-state index contributed by atoms with van der Waals surface area (Å²) >= 11 is 1.64. The quantitative estimate of drug-likeness (QED) is 0.745. The van der Waals surface area contributed by atoms with Crippen LogP contribution in [0.15, 0.2) is 11.4 Å². The molecule has 0 aromatic carbocycles. The highest BCUT2D eigenvalue weighted by molar-refractivity contribution is 7.10. The second-order valence-corrected chi connectivity index (χ2v) is 5.08. The van der Waals surface area contributed by atoms with Crippen molar-refractivity contribution in [2.24, 2.45) is 0 Å². The number of nitrogens with zero attached hydrogens (tertiary/aromatic N) is 1. The topological polar surface area (TPSA) is 46.6 Å². The van der Waals surface area contributed by atoms with E-state index in [4.69, 9.17) is 4.74 Å². The van der Waals surface area contributed by atoms with Gasteiger partial charge in [-0.05, 0) is 30.9 Å². The Balaban J connectivity index is 2.38. The van der Waals surface area contributed by atoms with Gasteiger partial charge in [0.05, 0.1) is 19.6 Å². The van der Waals surface area contributed by atoms with Gasteiger partial charge < -0.3 is 9.64 Å². The molecule has 1 aromatic rings. The Labute approximate surface area is 112 Å². The van der Waals surface area contributed by atoms with Gasteiger partial charge >= 0.3 is 5.97 Å². The Hall–Kier alpha value is -1.36. The van der Waals surface area contributed by atoms with Crippen LogP contribution in [0.25, 0.3) is 0 Å². The number of ether oxygens (including phenoxy) is 1. The zero-order chi connectivity index (χ0) is 13.5. The summed E-state index contributed by atoms with van der Waals surface area (Å²) in [5.74, 6) is -0.345. The van der Waals surface area contributed by atoms with E-state index in [1.54, 1.807) is 30.2 Å². The number of hydrogen-bond donors (Lipinski definition) is 0. The van der Waals surface area contributed by atoms with Gasteiger partial charge in [-0.1, -0.05) is 0 Å². The first-order valence-electron chi connectivity index (χ1n) is 5.97. The molecule has 100 valence electrons. The van der Waals surface area contributed by atoms with Crippen LogP contribution in [0.1, 0.15) is 30.2 Å². The third-order valence-electron chi connectivity index (χ3n) is 2.62. The van der Waals surface area contributed by atoms with E-state index in [1.807, 2.05) is 18.4 Å². The van der Waals surface area contributed by atoms with E-state index in [-0.39, 0.29) is 24.7 Å². The summed E-state index contributed by atoms with van der Waals surface area (Å²) in [7, 11) is 1.76. The van der Waals surface area contributed by atoms with Crippen molar-refractivity contribution in [1.82, 2.24) is 4.90 Å². The number of esters is 1. The molecule has 0 spiro atoms. The highest BCUT2D eigenvalue weighted by Gasteiger charge is 2.13. The van der Waals surface area contributed by atoms with Crippen molar-refractivity contribution in [3.05, 3.63) is 21.9 Å². The van der Waals surface area contributed by atoms with E-state index in [1.165, 1.54) is 10.4 Å². The lowest BCUT2D eigenvalue weighted by molar-refractivity contribution is -0.145. The number of hydrogen-bond acceptors (Lipinski definition) is 4. The average molecular weight is 269 g/mol. The first kappa shape index (κ1) is 14.7.